The number of rotatable bonds is 3. The molecule has 1 aromatic carbocycles. The van der Waals surface area contributed by atoms with E-state index in [4.69, 9.17) is 16.3 Å². The highest BCUT2D eigenvalue weighted by Crippen LogP contribution is 2.33. The summed E-state index contributed by atoms with van der Waals surface area (Å²) in [5, 5.41) is 11.9. The van der Waals surface area contributed by atoms with Crippen molar-refractivity contribution in [3.63, 3.8) is 0 Å². The van der Waals surface area contributed by atoms with Gasteiger partial charge in [0.1, 0.15) is 6.10 Å². The highest BCUT2D eigenvalue weighted by Gasteiger charge is 2.32. The molecule has 0 N–H and O–H groups in total. The molecule has 1 fully saturated rings. The number of pyridine rings is 1. The van der Waals surface area contributed by atoms with Crippen molar-refractivity contribution in [1.82, 2.24) is 4.98 Å². The highest BCUT2D eigenvalue weighted by molar-refractivity contribution is 6.30. The summed E-state index contributed by atoms with van der Waals surface area (Å²) in [6.07, 6.45) is 1.37. The zero-order valence-electron chi connectivity index (χ0n) is 12.6. The summed E-state index contributed by atoms with van der Waals surface area (Å²) in [7, 11) is 0. The van der Waals surface area contributed by atoms with Crippen LogP contribution in [0.4, 0.5) is 11.5 Å². The molecule has 0 radical (unpaired) electrons. The normalized spacial score (nSPS) is 21.2. The number of anilines is 1. The van der Waals surface area contributed by atoms with E-state index in [-0.39, 0.29) is 17.8 Å². The van der Waals surface area contributed by atoms with E-state index in [2.05, 4.69) is 4.98 Å². The van der Waals surface area contributed by atoms with Gasteiger partial charge in [0.05, 0.1) is 24.1 Å². The summed E-state index contributed by atoms with van der Waals surface area (Å²) in [5.74, 6) is 0.375. The zero-order valence-corrected chi connectivity index (χ0v) is 13.3. The Morgan fingerprint density at radius 1 is 1.39 bits per heavy atom. The number of ether oxygens (including phenoxy) is 1. The predicted molar refractivity (Wildman–Crippen MR) is 87.8 cm³/mol. The van der Waals surface area contributed by atoms with Gasteiger partial charge in [-0.3, -0.25) is 10.1 Å². The van der Waals surface area contributed by atoms with Crippen LogP contribution < -0.4 is 4.90 Å². The molecule has 0 aliphatic carbocycles. The predicted octanol–water partition coefficient (Wildman–Crippen LogP) is 3.61. The van der Waals surface area contributed by atoms with Crippen molar-refractivity contribution in [3.05, 3.63) is 63.3 Å². The summed E-state index contributed by atoms with van der Waals surface area (Å²) < 4.78 is 5.89. The smallest absolute Gasteiger partial charge is 0.311 e. The molecule has 1 saturated heterocycles. The fourth-order valence-electron chi connectivity index (χ4n) is 2.71. The second kappa shape index (κ2) is 6.52. The molecule has 2 atom stereocenters. The molecule has 0 amide bonds. The second-order valence-electron chi connectivity index (χ2n) is 5.48. The number of halogens is 1. The Morgan fingerprint density at radius 3 is 2.96 bits per heavy atom. The number of morpholine rings is 1. The van der Waals surface area contributed by atoms with Gasteiger partial charge in [-0.25, -0.2) is 4.98 Å². The molecular weight excluding hydrogens is 318 g/mol. The minimum Gasteiger partial charge on any atom is -0.370 e. The van der Waals surface area contributed by atoms with Crippen molar-refractivity contribution in [1.29, 1.82) is 0 Å². The maximum Gasteiger partial charge on any atom is 0.311 e. The first-order chi connectivity index (χ1) is 11.1. The molecule has 1 aromatic heterocycles. The maximum absolute atomic E-state index is 11.3. The van der Waals surface area contributed by atoms with E-state index in [9.17, 15) is 10.1 Å². The van der Waals surface area contributed by atoms with Crippen molar-refractivity contribution in [2.45, 2.75) is 19.1 Å². The van der Waals surface area contributed by atoms with Crippen LogP contribution in [-0.4, -0.2) is 29.1 Å². The van der Waals surface area contributed by atoms with Crippen LogP contribution in [0.5, 0.6) is 0 Å². The Morgan fingerprint density at radius 2 is 2.22 bits per heavy atom. The second-order valence-corrected chi connectivity index (χ2v) is 5.92. The molecule has 23 heavy (non-hydrogen) atoms. The number of hydrogen-bond donors (Lipinski definition) is 0. The van der Waals surface area contributed by atoms with Crippen molar-refractivity contribution >= 4 is 23.1 Å². The Labute approximate surface area is 138 Å². The van der Waals surface area contributed by atoms with Gasteiger partial charge in [-0.05, 0) is 30.7 Å². The Hall–Kier alpha value is -2.18. The Bertz CT molecular complexity index is 725. The number of nitrogens with zero attached hydrogens (tertiary/aromatic N) is 3. The van der Waals surface area contributed by atoms with Crippen LogP contribution in [-0.2, 0) is 4.74 Å². The summed E-state index contributed by atoms with van der Waals surface area (Å²) in [4.78, 5) is 17.0. The molecule has 120 valence electrons. The lowest BCUT2D eigenvalue weighted by atomic mass is 10.1. The van der Waals surface area contributed by atoms with Gasteiger partial charge in [0.25, 0.3) is 0 Å². The molecule has 1 aliphatic rings. The fraction of sp³-hybridized carbons (Fsp3) is 0.312. The minimum absolute atomic E-state index is 0.000894. The first kappa shape index (κ1) is 15.7. The van der Waals surface area contributed by atoms with Gasteiger partial charge in [0.15, 0.2) is 0 Å². The topological polar surface area (TPSA) is 68.5 Å². The van der Waals surface area contributed by atoms with Gasteiger partial charge in [0.2, 0.25) is 5.82 Å². The van der Waals surface area contributed by atoms with Crippen LogP contribution in [0.3, 0.4) is 0 Å². The summed E-state index contributed by atoms with van der Waals surface area (Å²) >= 11 is 6.04. The molecule has 7 heteroatoms. The number of benzene rings is 1. The quantitative estimate of drug-likeness (QED) is 0.634. The first-order valence-electron chi connectivity index (χ1n) is 7.29. The third-order valence-corrected chi connectivity index (χ3v) is 4.12. The SMILES string of the molecule is CC1COC(c2cccc(Cl)c2)CN1c1ncccc1[N+](=O)[O-]. The van der Waals surface area contributed by atoms with Crippen molar-refractivity contribution in [2.75, 3.05) is 18.1 Å². The summed E-state index contributed by atoms with van der Waals surface area (Å²) in [6.45, 7) is 2.91. The maximum atomic E-state index is 11.3. The van der Waals surface area contributed by atoms with Gasteiger partial charge < -0.3 is 9.64 Å². The fourth-order valence-corrected chi connectivity index (χ4v) is 2.91. The molecule has 2 aromatic rings. The molecule has 2 unspecified atom stereocenters. The van der Waals surface area contributed by atoms with E-state index < -0.39 is 4.92 Å². The molecule has 0 spiro atoms. The number of aromatic nitrogens is 1. The van der Waals surface area contributed by atoms with Crippen LogP contribution in [0.2, 0.25) is 5.02 Å². The summed E-state index contributed by atoms with van der Waals surface area (Å²) in [5.41, 5.74) is 0.957. The van der Waals surface area contributed by atoms with Crippen molar-refractivity contribution < 1.29 is 9.66 Å². The van der Waals surface area contributed by atoms with Crippen LogP contribution in [0.1, 0.15) is 18.6 Å². The number of nitro groups is 1. The van der Waals surface area contributed by atoms with Gasteiger partial charge in [-0.2, -0.15) is 0 Å². The van der Waals surface area contributed by atoms with Gasteiger partial charge in [-0.15, -0.1) is 0 Å². The van der Waals surface area contributed by atoms with E-state index in [1.165, 1.54) is 6.07 Å². The largest absolute Gasteiger partial charge is 0.370 e. The minimum atomic E-state index is -0.404. The average molecular weight is 334 g/mol. The van der Waals surface area contributed by atoms with Crippen LogP contribution in [0, 0.1) is 10.1 Å². The van der Waals surface area contributed by atoms with Crippen LogP contribution >= 0.6 is 11.6 Å². The Balaban J connectivity index is 1.91. The molecule has 3 rings (SSSR count). The monoisotopic (exact) mass is 333 g/mol. The number of hydrogen-bond acceptors (Lipinski definition) is 5. The summed E-state index contributed by atoms with van der Waals surface area (Å²) in [6, 6.07) is 10.5. The lowest BCUT2D eigenvalue weighted by Crippen LogP contribution is -2.45. The third-order valence-electron chi connectivity index (χ3n) is 3.89. The molecule has 2 heterocycles. The molecule has 0 bridgehead atoms. The van der Waals surface area contributed by atoms with E-state index in [1.807, 2.05) is 30.0 Å². The standard InChI is InChI=1S/C16H16ClN3O3/c1-11-10-23-15(12-4-2-5-13(17)8-12)9-19(11)16-14(20(21)22)6-3-7-18-16/h2-8,11,15H,9-10H2,1H3. The van der Waals surface area contributed by atoms with Crippen molar-refractivity contribution in [3.8, 4) is 0 Å². The first-order valence-corrected chi connectivity index (χ1v) is 7.67. The van der Waals surface area contributed by atoms with Gasteiger partial charge in [-0.1, -0.05) is 23.7 Å². The van der Waals surface area contributed by atoms with E-state index in [0.717, 1.165) is 5.56 Å². The Kier molecular flexibility index (Phi) is 4.45. The van der Waals surface area contributed by atoms with Crippen LogP contribution in [0.15, 0.2) is 42.6 Å². The lowest BCUT2D eigenvalue weighted by molar-refractivity contribution is -0.384. The highest BCUT2D eigenvalue weighted by atomic mass is 35.5. The molecular formula is C16H16ClN3O3. The molecule has 6 nitrogen and oxygen atoms in total. The molecule has 1 aliphatic heterocycles. The van der Waals surface area contributed by atoms with E-state index in [1.54, 1.807) is 18.3 Å². The zero-order chi connectivity index (χ0) is 16.4. The van der Waals surface area contributed by atoms with Crippen LogP contribution in [0.25, 0.3) is 0 Å². The lowest BCUT2D eigenvalue weighted by Gasteiger charge is -2.38. The van der Waals surface area contributed by atoms with Gasteiger partial charge >= 0.3 is 5.69 Å². The van der Waals surface area contributed by atoms with E-state index in [0.29, 0.717) is 24.0 Å². The molecule has 0 saturated carbocycles. The third kappa shape index (κ3) is 3.28. The van der Waals surface area contributed by atoms with Gasteiger partial charge in [0, 0.05) is 17.3 Å². The van der Waals surface area contributed by atoms with E-state index >= 15 is 0 Å². The van der Waals surface area contributed by atoms with Crippen molar-refractivity contribution in [2.24, 2.45) is 0 Å². The average Bonchev–Trinajstić information content (AvgIpc) is 2.55.